The van der Waals surface area contributed by atoms with Gasteiger partial charge in [-0.1, -0.05) is 35.5 Å². The second-order valence-electron chi connectivity index (χ2n) is 8.27. The van der Waals surface area contributed by atoms with Crippen LogP contribution in [0.2, 0.25) is 5.02 Å². The third kappa shape index (κ3) is 6.27. The molecule has 3 amide bonds. The summed E-state index contributed by atoms with van der Waals surface area (Å²) in [6, 6.07) is 14.2. The van der Waals surface area contributed by atoms with E-state index < -0.39 is 22.7 Å². The van der Waals surface area contributed by atoms with Crippen LogP contribution >= 0.6 is 23.4 Å². The topological polar surface area (TPSA) is 98.1 Å². The molecule has 8 nitrogen and oxygen atoms in total. The van der Waals surface area contributed by atoms with Crippen molar-refractivity contribution in [2.24, 2.45) is 0 Å². The number of carbonyl (C=O) groups is 2. The number of hydrogen-bond donors (Lipinski definition) is 2. The molecule has 2 aromatic carbocycles. The summed E-state index contributed by atoms with van der Waals surface area (Å²) in [5.74, 6) is 0.753. The first-order chi connectivity index (χ1) is 15.6. The Kier molecular flexibility index (Phi) is 7.65. The number of amides is 3. The van der Waals surface area contributed by atoms with Crippen molar-refractivity contribution >= 4 is 35.3 Å². The lowest BCUT2D eigenvalue weighted by atomic mass is 10.1. The smallest absolute Gasteiger partial charge is 0.321 e. The Morgan fingerprint density at radius 3 is 2.39 bits per heavy atom. The van der Waals surface area contributed by atoms with Gasteiger partial charge in [-0.15, -0.1) is 10.2 Å². The molecule has 0 aliphatic rings. The Labute approximate surface area is 202 Å². The molecule has 1 aromatic heterocycles. The van der Waals surface area contributed by atoms with Crippen LogP contribution in [-0.2, 0) is 4.79 Å². The molecule has 3 rings (SSSR count). The predicted octanol–water partition coefficient (Wildman–Crippen LogP) is 4.70. The van der Waals surface area contributed by atoms with Gasteiger partial charge in [0.25, 0.3) is 0 Å². The van der Waals surface area contributed by atoms with E-state index in [2.05, 4.69) is 20.8 Å². The number of thioether (sulfide) groups is 1. The molecule has 0 bridgehead atoms. The van der Waals surface area contributed by atoms with E-state index in [0.29, 0.717) is 21.8 Å². The number of imide groups is 1. The number of benzene rings is 2. The SMILES string of the molecule is COc1ccccc1-c1nnc(SC(C)C(=O)NC(=O)NC(C)(C)C)n1-c1ccc(Cl)cc1. The fourth-order valence-corrected chi connectivity index (χ4v) is 3.96. The third-order valence-electron chi connectivity index (χ3n) is 4.44. The number of aromatic nitrogens is 3. The lowest BCUT2D eigenvalue weighted by Gasteiger charge is -2.21. The minimum Gasteiger partial charge on any atom is -0.496 e. The zero-order valence-corrected chi connectivity index (χ0v) is 20.6. The van der Waals surface area contributed by atoms with Crippen LogP contribution in [0.3, 0.4) is 0 Å². The molecule has 174 valence electrons. The van der Waals surface area contributed by atoms with E-state index in [9.17, 15) is 9.59 Å². The first-order valence-electron chi connectivity index (χ1n) is 10.2. The fourth-order valence-electron chi connectivity index (χ4n) is 2.97. The van der Waals surface area contributed by atoms with Crippen molar-refractivity contribution in [3.8, 4) is 22.8 Å². The molecule has 1 unspecified atom stereocenters. The van der Waals surface area contributed by atoms with Gasteiger partial charge in [-0.05, 0) is 64.1 Å². The standard InChI is InChI=1S/C23H26ClN5O3S/c1-14(20(30)25-21(31)26-23(2,3)4)33-22-28-27-19(17-8-6-7-9-18(17)32-5)29(22)16-12-10-15(24)11-13-16/h6-14H,1-5H3,(H2,25,26,30,31). The van der Waals surface area contributed by atoms with Gasteiger partial charge in [0.05, 0.1) is 17.9 Å². The monoisotopic (exact) mass is 487 g/mol. The van der Waals surface area contributed by atoms with Gasteiger partial charge in [0.2, 0.25) is 5.91 Å². The Balaban J connectivity index is 1.94. The van der Waals surface area contributed by atoms with Crippen molar-refractivity contribution in [1.29, 1.82) is 0 Å². The van der Waals surface area contributed by atoms with E-state index in [4.69, 9.17) is 16.3 Å². The van der Waals surface area contributed by atoms with Crippen molar-refractivity contribution in [2.45, 2.75) is 43.6 Å². The minimum atomic E-state index is -0.614. The zero-order chi connectivity index (χ0) is 24.2. The summed E-state index contributed by atoms with van der Waals surface area (Å²) < 4.78 is 7.34. The predicted molar refractivity (Wildman–Crippen MR) is 130 cm³/mol. The highest BCUT2D eigenvalue weighted by Crippen LogP contribution is 2.34. The number of methoxy groups -OCH3 is 1. The highest BCUT2D eigenvalue weighted by Gasteiger charge is 2.25. The quantitative estimate of drug-likeness (QED) is 0.489. The Morgan fingerprint density at radius 2 is 1.76 bits per heavy atom. The van der Waals surface area contributed by atoms with Gasteiger partial charge in [-0.3, -0.25) is 14.7 Å². The summed E-state index contributed by atoms with van der Waals surface area (Å²) >= 11 is 7.27. The molecule has 33 heavy (non-hydrogen) atoms. The van der Waals surface area contributed by atoms with Crippen LogP contribution in [0.1, 0.15) is 27.7 Å². The van der Waals surface area contributed by atoms with Crippen molar-refractivity contribution in [3.05, 3.63) is 53.6 Å². The van der Waals surface area contributed by atoms with Gasteiger partial charge in [0.15, 0.2) is 11.0 Å². The summed E-state index contributed by atoms with van der Waals surface area (Å²) in [6.07, 6.45) is 0. The molecule has 3 aromatic rings. The van der Waals surface area contributed by atoms with Crippen LogP contribution < -0.4 is 15.4 Å². The molecule has 1 atom stereocenters. The van der Waals surface area contributed by atoms with Crippen molar-refractivity contribution < 1.29 is 14.3 Å². The molecular weight excluding hydrogens is 462 g/mol. The number of halogens is 1. The molecule has 0 aliphatic carbocycles. The van der Waals surface area contributed by atoms with Crippen molar-refractivity contribution in [3.63, 3.8) is 0 Å². The summed E-state index contributed by atoms with van der Waals surface area (Å²) in [5, 5.41) is 14.3. The van der Waals surface area contributed by atoms with Crippen LogP contribution in [0.5, 0.6) is 5.75 Å². The van der Waals surface area contributed by atoms with Gasteiger partial charge in [0.1, 0.15) is 5.75 Å². The number of nitrogens with zero attached hydrogens (tertiary/aromatic N) is 3. The molecule has 2 N–H and O–H groups in total. The molecule has 1 heterocycles. The molecule has 0 spiro atoms. The molecule has 0 aliphatic heterocycles. The second kappa shape index (κ2) is 10.3. The van der Waals surface area contributed by atoms with Crippen molar-refractivity contribution in [1.82, 2.24) is 25.4 Å². The van der Waals surface area contributed by atoms with Gasteiger partial charge in [0, 0.05) is 16.2 Å². The van der Waals surface area contributed by atoms with Gasteiger partial charge in [-0.25, -0.2) is 4.79 Å². The molecule has 0 saturated heterocycles. The number of rotatable bonds is 6. The first-order valence-corrected chi connectivity index (χ1v) is 11.5. The molecular formula is C23H26ClN5O3S. The lowest BCUT2D eigenvalue weighted by molar-refractivity contribution is -0.119. The highest BCUT2D eigenvalue weighted by molar-refractivity contribution is 8.00. The highest BCUT2D eigenvalue weighted by atomic mass is 35.5. The van der Waals surface area contributed by atoms with E-state index in [-0.39, 0.29) is 0 Å². The average molecular weight is 488 g/mol. The zero-order valence-electron chi connectivity index (χ0n) is 19.0. The summed E-state index contributed by atoms with van der Waals surface area (Å²) in [5.41, 5.74) is 1.06. The first kappa shape index (κ1) is 24.6. The number of hydrogen-bond acceptors (Lipinski definition) is 6. The number of ether oxygens (including phenoxy) is 1. The van der Waals surface area contributed by atoms with Crippen LogP contribution in [0.15, 0.2) is 53.7 Å². The van der Waals surface area contributed by atoms with Crippen LogP contribution in [0, 0.1) is 0 Å². The number of urea groups is 1. The molecule has 10 heteroatoms. The van der Waals surface area contributed by atoms with Gasteiger partial charge in [-0.2, -0.15) is 0 Å². The number of para-hydroxylation sites is 1. The van der Waals surface area contributed by atoms with E-state index in [1.807, 2.05) is 61.7 Å². The lowest BCUT2D eigenvalue weighted by Crippen LogP contribution is -2.49. The summed E-state index contributed by atoms with van der Waals surface area (Å²) in [4.78, 5) is 24.7. The number of nitrogens with one attached hydrogen (secondary N) is 2. The average Bonchev–Trinajstić information content (AvgIpc) is 3.16. The van der Waals surface area contributed by atoms with Gasteiger partial charge < -0.3 is 10.1 Å². The maximum absolute atomic E-state index is 12.6. The van der Waals surface area contributed by atoms with E-state index in [1.165, 1.54) is 11.8 Å². The third-order valence-corrected chi connectivity index (χ3v) is 5.74. The van der Waals surface area contributed by atoms with E-state index >= 15 is 0 Å². The van der Waals surface area contributed by atoms with Crippen LogP contribution in [0.25, 0.3) is 17.1 Å². The summed E-state index contributed by atoms with van der Waals surface area (Å²) in [6.45, 7) is 7.21. The normalized spacial score (nSPS) is 12.2. The van der Waals surface area contributed by atoms with Crippen LogP contribution in [0.4, 0.5) is 4.79 Å². The molecule has 0 saturated carbocycles. The maximum Gasteiger partial charge on any atom is 0.321 e. The molecule has 0 radical (unpaired) electrons. The number of carbonyl (C=O) groups excluding carboxylic acids is 2. The Morgan fingerprint density at radius 1 is 1.09 bits per heavy atom. The maximum atomic E-state index is 12.6. The minimum absolute atomic E-state index is 0.439. The van der Waals surface area contributed by atoms with E-state index in [0.717, 1.165) is 11.3 Å². The van der Waals surface area contributed by atoms with E-state index in [1.54, 1.807) is 26.2 Å². The molecule has 0 fully saturated rings. The Hall–Kier alpha value is -3.04. The summed E-state index contributed by atoms with van der Waals surface area (Å²) in [7, 11) is 1.59. The van der Waals surface area contributed by atoms with Gasteiger partial charge >= 0.3 is 6.03 Å². The Bertz CT molecular complexity index is 1140. The van der Waals surface area contributed by atoms with Crippen LogP contribution in [-0.4, -0.2) is 44.6 Å². The fraction of sp³-hybridized carbons (Fsp3) is 0.304. The van der Waals surface area contributed by atoms with Crippen molar-refractivity contribution in [2.75, 3.05) is 7.11 Å². The largest absolute Gasteiger partial charge is 0.496 e. The second-order valence-corrected chi connectivity index (χ2v) is 10.0.